The van der Waals surface area contributed by atoms with E-state index in [1.807, 2.05) is 24.3 Å². The van der Waals surface area contributed by atoms with Gasteiger partial charge in [0.05, 0.1) is 83.8 Å². The van der Waals surface area contributed by atoms with Crippen molar-refractivity contribution in [3.05, 3.63) is 47.5 Å². The van der Waals surface area contributed by atoms with Gasteiger partial charge in [-0.25, -0.2) is 14.8 Å². The Morgan fingerprint density at radius 1 is 0.750 bits per heavy atom. The van der Waals surface area contributed by atoms with Gasteiger partial charge in [0.1, 0.15) is 11.6 Å². The molecule has 6 N–H and O–H groups in total. The van der Waals surface area contributed by atoms with Gasteiger partial charge in [0.15, 0.2) is 5.96 Å². The summed E-state index contributed by atoms with van der Waals surface area (Å²) in [4.78, 5) is 55.8. The molecule has 3 aromatic rings. The molecule has 0 spiro atoms. The standard InChI is InChI=1S/C44H67ClN10O9/c1-53(32-37(56)8-4-19-59-2)33-38(57)9-5-20-60-24-25-61-21-12-48-44(58)49-13-22-62-26-28-64-29-27-63-23-18-54-14-16-55(17-15-54)36-7-3-6-34(30-36)41-39-31-35(45)10-11-40(39)50-43(51-41)52-42(46)47/h3,6-7,10-11,30-31H,4-5,8-9,12-29,32-33H2,1-2H3,(H2,48,49,58)(H4,46,47,50,51,52). The van der Waals surface area contributed by atoms with Crippen LogP contribution in [-0.2, 0) is 38.0 Å². The number of halogens is 1. The zero-order valence-electron chi connectivity index (χ0n) is 37.4. The maximum absolute atomic E-state index is 12.1. The summed E-state index contributed by atoms with van der Waals surface area (Å²) >= 11 is 6.34. The maximum Gasteiger partial charge on any atom is 0.314 e. The number of amides is 2. The van der Waals surface area contributed by atoms with E-state index in [9.17, 15) is 14.4 Å². The first-order valence-electron chi connectivity index (χ1n) is 21.9. The zero-order valence-corrected chi connectivity index (χ0v) is 38.2. The number of nitrogens with two attached hydrogens (primary N) is 2. The van der Waals surface area contributed by atoms with Crippen LogP contribution in [0.25, 0.3) is 22.2 Å². The molecule has 1 aliphatic rings. The summed E-state index contributed by atoms with van der Waals surface area (Å²) in [7, 11) is 3.38. The number of likely N-dealkylation sites (N-methyl/N-ethyl adjacent to an activating group) is 1. The van der Waals surface area contributed by atoms with Crippen molar-refractivity contribution in [1.29, 1.82) is 0 Å². The van der Waals surface area contributed by atoms with Gasteiger partial charge in [-0.3, -0.25) is 19.4 Å². The Hall–Kier alpha value is -4.57. The molecule has 1 aromatic heterocycles. The molecule has 20 heteroatoms. The zero-order chi connectivity index (χ0) is 45.8. The molecule has 0 bridgehead atoms. The molecule has 4 rings (SSSR count). The van der Waals surface area contributed by atoms with Crippen LogP contribution in [0.4, 0.5) is 16.4 Å². The monoisotopic (exact) mass is 914 g/mol. The Kier molecular flexibility index (Phi) is 24.8. The third kappa shape index (κ3) is 21.0. The number of hydrogen-bond donors (Lipinski definition) is 4. The van der Waals surface area contributed by atoms with E-state index in [4.69, 9.17) is 51.5 Å². The van der Waals surface area contributed by atoms with Crippen molar-refractivity contribution < 1.29 is 42.8 Å². The Morgan fingerprint density at radius 2 is 1.34 bits per heavy atom. The third-order valence-electron chi connectivity index (χ3n) is 9.90. The number of rotatable bonds is 33. The number of fused-ring (bicyclic) bond motifs is 1. The van der Waals surface area contributed by atoms with E-state index in [0.29, 0.717) is 128 Å². The highest BCUT2D eigenvalue weighted by Gasteiger charge is 2.19. The first-order valence-corrected chi connectivity index (χ1v) is 22.2. The third-order valence-corrected chi connectivity index (χ3v) is 10.1. The number of ketones is 2. The summed E-state index contributed by atoms with van der Waals surface area (Å²) in [6.45, 7) is 10.6. The van der Waals surface area contributed by atoms with Crippen LogP contribution < -0.4 is 27.0 Å². The lowest BCUT2D eigenvalue weighted by molar-refractivity contribution is -0.122. The van der Waals surface area contributed by atoms with Crippen molar-refractivity contribution in [2.75, 3.05) is 151 Å². The van der Waals surface area contributed by atoms with Crippen LogP contribution in [0.3, 0.4) is 0 Å². The van der Waals surface area contributed by atoms with Crippen molar-refractivity contribution in [2.24, 2.45) is 16.5 Å². The van der Waals surface area contributed by atoms with E-state index < -0.39 is 0 Å². The van der Waals surface area contributed by atoms with Crippen molar-refractivity contribution in [3.63, 3.8) is 0 Å². The number of ether oxygens (including phenoxy) is 6. The molecule has 0 radical (unpaired) electrons. The molecule has 64 heavy (non-hydrogen) atoms. The fraction of sp³-hybridized carbons (Fsp3) is 0.591. The minimum Gasteiger partial charge on any atom is -0.385 e. The number of piperazine rings is 1. The van der Waals surface area contributed by atoms with Crippen LogP contribution in [0.1, 0.15) is 25.7 Å². The second-order valence-electron chi connectivity index (χ2n) is 15.1. The van der Waals surface area contributed by atoms with Crippen molar-refractivity contribution in [2.45, 2.75) is 25.7 Å². The smallest absolute Gasteiger partial charge is 0.314 e. The molecule has 0 aliphatic carbocycles. The van der Waals surface area contributed by atoms with Crippen LogP contribution in [0.15, 0.2) is 47.5 Å². The topological polar surface area (TPSA) is 231 Å². The molecule has 1 saturated heterocycles. The van der Waals surface area contributed by atoms with Crippen LogP contribution in [0.5, 0.6) is 0 Å². The fourth-order valence-electron chi connectivity index (χ4n) is 6.75. The summed E-state index contributed by atoms with van der Waals surface area (Å²) in [6, 6.07) is 13.4. The van der Waals surface area contributed by atoms with E-state index in [-0.39, 0.29) is 42.6 Å². The number of guanidine groups is 1. The molecule has 2 heterocycles. The molecule has 0 unspecified atom stereocenters. The number of Topliss-reactive ketones (excluding diaryl/α,β-unsaturated/α-hetero) is 2. The Labute approximate surface area is 381 Å². The molecule has 1 fully saturated rings. The molecular weight excluding hydrogens is 848 g/mol. The highest BCUT2D eigenvalue weighted by atomic mass is 35.5. The minimum absolute atomic E-state index is 0.0782. The van der Waals surface area contributed by atoms with Crippen molar-refractivity contribution in [1.82, 2.24) is 30.4 Å². The number of aliphatic imine (C=N–C) groups is 1. The molecule has 0 saturated carbocycles. The number of carbonyl (C=O) groups excluding carboxylic acids is 3. The maximum atomic E-state index is 12.1. The van der Waals surface area contributed by atoms with E-state index >= 15 is 0 Å². The van der Waals surface area contributed by atoms with Gasteiger partial charge >= 0.3 is 6.03 Å². The number of methoxy groups -OCH3 is 1. The van der Waals surface area contributed by atoms with Gasteiger partial charge in [-0.1, -0.05) is 23.7 Å². The molecule has 354 valence electrons. The van der Waals surface area contributed by atoms with Gasteiger partial charge < -0.3 is 55.4 Å². The largest absolute Gasteiger partial charge is 0.385 e. The molecular formula is C44H67ClN10O9. The number of anilines is 1. The average molecular weight is 916 g/mol. The highest BCUT2D eigenvalue weighted by Crippen LogP contribution is 2.32. The van der Waals surface area contributed by atoms with Crippen molar-refractivity contribution in [3.8, 4) is 11.3 Å². The molecule has 2 amide bonds. The Bertz CT molecular complexity index is 1880. The molecule has 0 atom stereocenters. The number of nitrogens with zero attached hydrogens (tertiary/aromatic N) is 6. The number of aromatic nitrogens is 2. The second kappa shape index (κ2) is 30.5. The first kappa shape index (κ1) is 52.1. The summed E-state index contributed by atoms with van der Waals surface area (Å²) in [5.41, 5.74) is 14.7. The average Bonchev–Trinajstić information content (AvgIpc) is 3.27. The summed E-state index contributed by atoms with van der Waals surface area (Å²) in [5.74, 6) is 0.265. The quantitative estimate of drug-likeness (QED) is 0.0391. The van der Waals surface area contributed by atoms with E-state index in [0.717, 1.165) is 49.4 Å². The number of urea groups is 1. The van der Waals surface area contributed by atoms with Crippen LogP contribution in [-0.4, -0.2) is 189 Å². The van der Waals surface area contributed by atoms with Gasteiger partial charge in [0.2, 0.25) is 0 Å². The number of hydrogen-bond acceptors (Lipinski definition) is 15. The second-order valence-corrected chi connectivity index (χ2v) is 15.6. The van der Waals surface area contributed by atoms with Crippen LogP contribution >= 0.6 is 11.6 Å². The van der Waals surface area contributed by atoms with Crippen molar-refractivity contribution >= 4 is 57.7 Å². The SMILES string of the molecule is COCCCC(=O)CN(C)CC(=O)CCCOCCOCCNC(=O)NCCOCCOCCOCCN1CCN(c2cccc(-c3nc(N=C(N)N)nc4ccc(Cl)cc34)c2)CC1. The van der Waals surface area contributed by atoms with Gasteiger partial charge in [-0.05, 0) is 50.2 Å². The fourth-order valence-corrected chi connectivity index (χ4v) is 6.92. The minimum atomic E-state index is -0.296. The van der Waals surface area contributed by atoms with Crippen LogP contribution in [0, 0.1) is 0 Å². The molecule has 2 aromatic carbocycles. The van der Waals surface area contributed by atoms with Gasteiger partial charge in [-0.15, -0.1) is 0 Å². The lowest BCUT2D eigenvalue weighted by Crippen LogP contribution is -2.47. The van der Waals surface area contributed by atoms with Gasteiger partial charge in [0.25, 0.3) is 5.95 Å². The van der Waals surface area contributed by atoms with E-state index in [2.05, 4.69) is 47.5 Å². The summed E-state index contributed by atoms with van der Waals surface area (Å²) in [6.07, 6.45) is 2.15. The predicted molar refractivity (Wildman–Crippen MR) is 247 cm³/mol. The normalized spacial score (nSPS) is 13.1. The Balaban J connectivity index is 0.921. The molecule has 1 aliphatic heterocycles. The van der Waals surface area contributed by atoms with Crippen LogP contribution in [0.2, 0.25) is 5.02 Å². The van der Waals surface area contributed by atoms with Gasteiger partial charge in [-0.2, -0.15) is 4.99 Å². The first-order chi connectivity index (χ1) is 31.1. The highest BCUT2D eigenvalue weighted by molar-refractivity contribution is 6.31. The predicted octanol–water partition coefficient (Wildman–Crippen LogP) is 2.64. The Morgan fingerprint density at radius 3 is 1.97 bits per heavy atom. The summed E-state index contributed by atoms with van der Waals surface area (Å²) in [5, 5.41) is 6.88. The van der Waals surface area contributed by atoms with E-state index in [1.54, 1.807) is 25.1 Å². The number of carbonyl (C=O) groups is 3. The van der Waals surface area contributed by atoms with Gasteiger partial charge in [0, 0.05) is 101 Å². The summed E-state index contributed by atoms with van der Waals surface area (Å²) < 4.78 is 32.9. The lowest BCUT2D eigenvalue weighted by Gasteiger charge is -2.36. The van der Waals surface area contributed by atoms with E-state index in [1.165, 1.54) is 0 Å². The lowest BCUT2D eigenvalue weighted by atomic mass is 10.1. The number of nitrogens with one attached hydrogen (secondary N) is 2. The molecule has 19 nitrogen and oxygen atoms in total. The number of benzene rings is 2.